The van der Waals surface area contributed by atoms with Gasteiger partial charge in [-0.05, 0) is 22.6 Å². The van der Waals surface area contributed by atoms with Gasteiger partial charge >= 0.3 is 5.69 Å². The Morgan fingerprint density at radius 1 is 1.58 bits per heavy atom. The molecule has 0 aromatic carbocycles. The second kappa shape index (κ2) is 5.71. The summed E-state index contributed by atoms with van der Waals surface area (Å²) in [4.78, 5) is 25.2. The van der Waals surface area contributed by atoms with Crippen molar-refractivity contribution in [3.63, 3.8) is 0 Å². The van der Waals surface area contributed by atoms with Crippen molar-refractivity contribution in [3.05, 3.63) is 30.6 Å². The molecular weight excluding hydrogens is 371 g/mol. The number of aromatic amines is 1. The molecule has 3 N–H and O–H groups in total. The molecule has 1 aromatic heterocycles. The van der Waals surface area contributed by atoms with Crippen LogP contribution in [-0.4, -0.2) is 51.8 Å². The minimum atomic E-state index is -1.06. The number of aliphatic hydroxyl groups excluding tert-OH is 2. The highest BCUT2D eigenvalue weighted by Crippen LogP contribution is 2.30. The molecule has 0 bridgehead atoms. The van der Waals surface area contributed by atoms with Gasteiger partial charge in [0.1, 0.15) is 18.3 Å². The van der Waals surface area contributed by atoms with Crippen LogP contribution >= 0.6 is 22.6 Å². The van der Waals surface area contributed by atoms with Gasteiger partial charge in [0.15, 0.2) is 6.23 Å². The molecule has 1 fully saturated rings. The third-order valence-corrected chi connectivity index (χ3v) is 3.73. The van der Waals surface area contributed by atoms with E-state index < -0.39 is 42.4 Å². The Hall–Kier alpha value is -0.750. The predicted molar refractivity (Wildman–Crippen MR) is 71.8 cm³/mol. The van der Waals surface area contributed by atoms with Gasteiger partial charge in [-0.25, -0.2) is 4.79 Å². The Kier molecular flexibility index (Phi) is 4.40. The quantitative estimate of drug-likeness (QED) is 0.542. The summed E-state index contributed by atoms with van der Waals surface area (Å²) in [6.07, 6.45) is -2.29. The molecule has 4 atom stereocenters. The van der Waals surface area contributed by atoms with Crippen molar-refractivity contribution in [1.82, 2.24) is 9.55 Å². The summed E-state index contributed by atoms with van der Waals surface area (Å²) in [5.74, 6) is 0. The van der Waals surface area contributed by atoms with Crippen LogP contribution in [0, 0.1) is 3.57 Å². The highest BCUT2D eigenvalue weighted by molar-refractivity contribution is 14.1. The maximum absolute atomic E-state index is 11.8. The molecule has 2 rings (SSSR count). The van der Waals surface area contributed by atoms with Crippen molar-refractivity contribution < 1.29 is 19.7 Å². The standard InChI is InChI=1S/C10H13IN2O6/c1-18-7-6(15)5(3-14)19-9(7)13-2-4(11)8(16)12-10(13)17/h2,5-7,9,14-15H,3H2,1H3,(H,12,16,17)/t5-,6?,7?,9-/m0/s1. The molecule has 0 amide bonds. The van der Waals surface area contributed by atoms with Gasteiger partial charge in [0, 0.05) is 13.3 Å². The molecule has 0 radical (unpaired) electrons. The topological polar surface area (TPSA) is 114 Å². The van der Waals surface area contributed by atoms with Gasteiger partial charge in [-0.2, -0.15) is 0 Å². The number of hydrogen-bond donors (Lipinski definition) is 3. The molecule has 1 aliphatic heterocycles. The number of hydrogen-bond acceptors (Lipinski definition) is 6. The van der Waals surface area contributed by atoms with Crippen molar-refractivity contribution in [3.8, 4) is 0 Å². The molecular formula is C10H13IN2O6. The number of nitrogens with one attached hydrogen (secondary N) is 1. The van der Waals surface area contributed by atoms with E-state index in [0.717, 1.165) is 4.57 Å². The van der Waals surface area contributed by atoms with E-state index in [0.29, 0.717) is 3.57 Å². The molecule has 19 heavy (non-hydrogen) atoms. The van der Waals surface area contributed by atoms with Crippen molar-refractivity contribution in [2.45, 2.75) is 24.5 Å². The summed E-state index contributed by atoms with van der Waals surface area (Å²) < 4.78 is 11.9. The Morgan fingerprint density at radius 2 is 2.26 bits per heavy atom. The Balaban J connectivity index is 2.44. The molecule has 1 saturated heterocycles. The third kappa shape index (κ3) is 2.60. The number of methoxy groups -OCH3 is 1. The minimum absolute atomic E-state index is 0.303. The fourth-order valence-corrected chi connectivity index (χ4v) is 2.43. The Morgan fingerprint density at radius 3 is 2.84 bits per heavy atom. The second-order valence-corrected chi connectivity index (χ2v) is 5.24. The van der Waals surface area contributed by atoms with Crippen LogP contribution in [0.5, 0.6) is 0 Å². The molecule has 8 nitrogen and oxygen atoms in total. The van der Waals surface area contributed by atoms with Crippen molar-refractivity contribution >= 4 is 22.6 Å². The number of aromatic nitrogens is 2. The van der Waals surface area contributed by atoms with Crippen LogP contribution in [0.2, 0.25) is 0 Å². The fraction of sp³-hybridized carbons (Fsp3) is 0.600. The Bertz CT molecular complexity index is 570. The summed E-state index contributed by atoms with van der Waals surface area (Å²) in [5.41, 5.74) is -1.16. The van der Waals surface area contributed by atoms with Crippen LogP contribution in [0.25, 0.3) is 0 Å². The highest BCUT2D eigenvalue weighted by atomic mass is 127. The minimum Gasteiger partial charge on any atom is -0.394 e. The molecule has 0 spiro atoms. The summed E-state index contributed by atoms with van der Waals surface area (Å²) in [5, 5.41) is 19.0. The molecule has 2 unspecified atom stereocenters. The van der Waals surface area contributed by atoms with Crippen LogP contribution in [0.15, 0.2) is 15.8 Å². The summed E-state index contributed by atoms with van der Waals surface area (Å²) in [6, 6.07) is 0. The molecule has 1 aliphatic rings. The lowest BCUT2D eigenvalue weighted by Gasteiger charge is -2.20. The van der Waals surface area contributed by atoms with Crippen LogP contribution in [0.1, 0.15) is 6.23 Å². The fourth-order valence-electron chi connectivity index (χ4n) is 2.00. The summed E-state index contributed by atoms with van der Waals surface area (Å²) in [6.45, 7) is -0.396. The second-order valence-electron chi connectivity index (χ2n) is 4.08. The monoisotopic (exact) mass is 384 g/mol. The van der Waals surface area contributed by atoms with Gasteiger partial charge < -0.3 is 19.7 Å². The number of nitrogens with zero attached hydrogens (tertiary/aromatic N) is 1. The number of halogens is 1. The zero-order valence-electron chi connectivity index (χ0n) is 9.95. The largest absolute Gasteiger partial charge is 0.394 e. The number of rotatable bonds is 3. The highest BCUT2D eigenvalue weighted by Gasteiger charge is 2.45. The maximum atomic E-state index is 11.8. The zero-order valence-corrected chi connectivity index (χ0v) is 12.1. The predicted octanol–water partition coefficient (Wildman–Crippen LogP) is -1.59. The van der Waals surface area contributed by atoms with E-state index in [1.165, 1.54) is 13.3 Å². The van der Waals surface area contributed by atoms with Gasteiger partial charge in [0.2, 0.25) is 0 Å². The zero-order chi connectivity index (χ0) is 14.2. The first-order chi connectivity index (χ1) is 8.99. The van der Waals surface area contributed by atoms with Crippen molar-refractivity contribution in [2.75, 3.05) is 13.7 Å². The lowest BCUT2D eigenvalue weighted by molar-refractivity contribution is -0.0626. The van der Waals surface area contributed by atoms with Gasteiger partial charge in [-0.3, -0.25) is 14.3 Å². The molecule has 1 aromatic rings. The average Bonchev–Trinajstić information content (AvgIpc) is 2.70. The van der Waals surface area contributed by atoms with Crippen molar-refractivity contribution in [1.29, 1.82) is 0 Å². The number of H-pyrrole nitrogens is 1. The first-order valence-electron chi connectivity index (χ1n) is 5.47. The van der Waals surface area contributed by atoms with Gasteiger partial charge in [-0.15, -0.1) is 0 Å². The Labute approximate surface area is 121 Å². The van der Waals surface area contributed by atoms with E-state index in [1.54, 1.807) is 22.6 Å². The molecule has 9 heteroatoms. The first-order valence-corrected chi connectivity index (χ1v) is 6.55. The van der Waals surface area contributed by atoms with Crippen LogP contribution < -0.4 is 11.2 Å². The van der Waals surface area contributed by atoms with E-state index in [2.05, 4.69) is 4.98 Å². The van der Waals surface area contributed by atoms with Crippen LogP contribution in [0.4, 0.5) is 0 Å². The van der Waals surface area contributed by atoms with Gasteiger partial charge in [0.25, 0.3) is 5.56 Å². The van der Waals surface area contributed by atoms with Gasteiger partial charge in [-0.1, -0.05) is 0 Å². The summed E-state index contributed by atoms with van der Waals surface area (Å²) in [7, 11) is 1.37. The van der Waals surface area contributed by atoms with E-state index in [4.69, 9.17) is 14.6 Å². The number of aliphatic hydroxyl groups is 2. The third-order valence-electron chi connectivity index (χ3n) is 2.96. The van der Waals surface area contributed by atoms with Crippen LogP contribution in [0.3, 0.4) is 0 Å². The first kappa shape index (κ1) is 14.7. The molecule has 0 aliphatic carbocycles. The van der Waals surface area contributed by atoms with E-state index in [-0.39, 0.29) is 0 Å². The molecule has 106 valence electrons. The lowest BCUT2D eigenvalue weighted by atomic mass is 10.1. The normalized spacial score (nSPS) is 30.7. The number of ether oxygens (including phenoxy) is 2. The smallest absolute Gasteiger partial charge is 0.330 e. The maximum Gasteiger partial charge on any atom is 0.330 e. The average molecular weight is 384 g/mol. The molecule has 2 heterocycles. The van der Waals surface area contributed by atoms with E-state index in [1.807, 2.05) is 0 Å². The van der Waals surface area contributed by atoms with Crippen molar-refractivity contribution in [2.24, 2.45) is 0 Å². The summed E-state index contributed by atoms with van der Waals surface area (Å²) >= 11 is 1.78. The van der Waals surface area contributed by atoms with E-state index >= 15 is 0 Å². The molecule has 0 saturated carbocycles. The lowest BCUT2D eigenvalue weighted by Crippen LogP contribution is -2.39. The SMILES string of the molecule is COC1C(O)[C@H](CO)O[C@@H]1n1cc(I)c(=O)[nH]c1=O. The van der Waals surface area contributed by atoms with Gasteiger partial charge in [0.05, 0.1) is 10.2 Å². The van der Waals surface area contributed by atoms with E-state index in [9.17, 15) is 14.7 Å². The van der Waals surface area contributed by atoms with Crippen LogP contribution in [-0.2, 0) is 9.47 Å².